The van der Waals surface area contributed by atoms with Gasteiger partial charge in [-0.15, -0.1) is 0 Å². The van der Waals surface area contributed by atoms with Crippen LogP contribution < -0.4 is 16.2 Å². The van der Waals surface area contributed by atoms with Crippen LogP contribution in [0, 0.1) is 5.92 Å². The van der Waals surface area contributed by atoms with Gasteiger partial charge in [-0.2, -0.15) is 4.98 Å². The van der Waals surface area contributed by atoms with Crippen LogP contribution in [0.5, 0.6) is 0 Å². The molecule has 2 aliphatic heterocycles. The summed E-state index contributed by atoms with van der Waals surface area (Å²) in [6.07, 6.45) is -2.66. The van der Waals surface area contributed by atoms with Crippen LogP contribution in [0.15, 0.2) is 4.79 Å². The molecule has 11 heteroatoms. The molecule has 11 nitrogen and oxygen atoms in total. The van der Waals surface area contributed by atoms with Crippen molar-refractivity contribution < 1.29 is 20.1 Å². The number of fused-ring (bicyclic) bond motifs is 1. The van der Waals surface area contributed by atoms with Gasteiger partial charge in [0.15, 0.2) is 17.4 Å². The maximum atomic E-state index is 12.3. The number of nitrogen functional groups attached to an aromatic ring is 1. The molecule has 2 aliphatic rings. The molecule has 0 amide bonds. The van der Waals surface area contributed by atoms with Gasteiger partial charge in [0.05, 0.1) is 6.61 Å². The number of aliphatic hydroxyl groups is 3. The topological polar surface area (TPSA) is 163 Å². The van der Waals surface area contributed by atoms with Gasteiger partial charge in [-0.05, 0) is 18.8 Å². The number of rotatable bonds is 3. The third kappa shape index (κ3) is 2.96. The minimum absolute atomic E-state index is 0.0792. The van der Waals surface area contributed by atoms with E-state index in [0.717, 1.165) is 25.9 Å². The fraction of sp³-hybridized carbons (Fsp3) is 0.688. The van der Waals surface area contributed by atoms with E-state index < -0.39 is 36.7 Å². The highest BCUT2D eigenvalue weighted by Gasteiger charge is 2.45. The Labute approximate surface area is 154 Å². The Hall–Kier alpha value is -2.21. The quantitative estimate of drug-likeness (QED) is 0.428. The van der Waals surface area contributed by atoms with Gasteiger partial charge in [-0.3, -0.25) is 14.3 Å². The number of anilines is 2. The first-order valence-corrected chi connectivity index (χ1v) is 9.05. The van der Waals surface area contributed by atoms with E-state index in [1.54, 1.807) is 0 Å². The largest absolute Gasteiger partial charge is 0.394 e. The Kier molecular flexibility index (Phi) is 4.54. The minimum atomic E-state index is -1.32. The van der Waals surface area contributed by atoms with Crippen LogP contribution in [0.3, 0.4) is 0 Å². The van der Waals surface area contributed by atoms with E-state index in [0.29, 0.717) is 11.9 Å². The van der Waals surface area contributed by atoms with Crippen molar-refractivity contribution in [3.63, 3.8) is 0 Å². The summed E-state index contributed by atoms with van der Waals surface area (Å²) in [5.74, 6) is 0.930. The lowest BCUT2D eigenvalue weighted by Crippen LogP contribution is -2.37. The maximum absolute atomic E-state index is 12.3. The number of imidazole rings is 1. The van der Waals surface area contributed by atoms with Crippen molar-refractivity contribution in [1.82, 2.24) is 19.5 Å². The van der Waals surface area contributed by atoms with Crippen molar-refractivity contribution in [2.24, 2.45) is 5.92 Å². The molecule has 0 aliphatic carbocycles. The Bertz CT molecular complexity index is 889. The van der Waals surface area contributed by atoms with Crippen LogP contribution in [0.25, 0.3) is 11.2 Å². The van der Waals surface area contributed by atoms with E-state index in [1.165, 1.54) is 4.57 Å². The molecule has 4 atom stereocenters. The van der Waals surface area contributed by atoms with Crippen molar-refractivity contribution in [2.45, 2.75) is 44.3 Å². The molecule has 0 spiro atoms. The number of hydrogen-bond acceptors (Lipinski definition) is 9. The van der Waals surface area contributed by atoms with Gasteiger partial charge >= 0.3 is 0 Å². The molecular formula is C16H24N6O5. The summed E-state index contributed by atoms with van der Waals surface area (Å²) in [6.45, 7) is 3.19. The summed E-state index contributed by atoms with van der Waals surface area (Å²) in [5, 5.41) is 30.0. The average molecular weight is 380 g/mol. The van der Waals surface area contributed by atoms with Crippen molar-refractivity contribution in [3.05, 3.63) is 10.4 Å². The lowest BCUT2D eigenvalue weighted by atomic mass is 10.00. The zero-order valence-electron chi connectivity index (χ0n) is 14.9. The number of aliphatic hydroxyl groups excluding tert-OH is 3. The van der Waals surface area contributed by atoms with E-state index in [-0.39, 0.29) is 17.1 Å². The molecule has 0 bridgehead atoms. The predicted octanol–water partition coefficient (Wildman–Crippen LogP) is -1.45. The lowest BCUT2D eigenvalue weighted by Gasteiger charge is -2.32. The molecule has 0 radical (unpaired) electrons. The second-order valence-electron chi connectivity index (χ2n) is 7.30. The molecule has 0 aromatic carbocycles. The first-order chi connectivity index (χ1) is 12.9. The van der Waals surface area contributed by atoms with Crippen LogP contribution in [-0.4, -0.2) is 72.8 Å². The molecule has 2 fully saturated rings. The summed E-state index contributed by atoms with van der Waals surface area (Å²) >= 11 is 0. The van der Waals surface area contributed by atoms with E-state index in [2.05, 4.69) is 21.9 Å². The summed E-state index contributed by atoms with van der Waals surface area (Å²) in [7, 11) is 0. The zero-order chi connectivity index (χ0) is 19.3. The second-order valence-corrected chi connectivity index (χ2v) is 7.30. The molecule has 27 heavy (non-hydrogen) atoms. The molecule has 2 aromatic heterocycles. The van der Waals surface area contributed by atoms with Crippen LogP contribution >= 0.6 is 0 Å². The van der Waals surface area contributed by atoms with Gasteiger partial charge in [0.1, 0.15) is 18.3 Å². The predicted molar refractivity (Wildman–Crippen MR) is 96.2 cm³/mol. The molecule has 0 unspecified atom stereocenters. The van der Waals surface area contributed by atoms with Crippen molar-refractivity contribution in [3.8, 4) is 0 Å². The highest BCUT2D eigenvalue weighted by molar-refractivity contribution is 5.75. The fourth-order valence-corrected chi connectivity index (χ4v) is 3.75. The van der Waals surface area contributed by atoms with Crippen LogP contribution in [0.4, 0.5) is 11.9 Å². The van der Waals surface area contributed by atoms with Crippen LogP contribution in [0.2, 0.25) is 0 Å². The number of aromatic nitrogens is 4. The zero-order valence-corrected chi connectivity index (χ0v) is 14.9. The third-order valence-corrected chi connectivity index (χ3v) is 5.39. The normalized spacial score (nSPS) is 29.7. The lowest BCUT2D eigenvalue weighted by molar-refractivity contribution is -0.0505. The SMILES string of the molecule is CC1CCN(c2nc3c(=O)[nH]c(N)nc3n2[C@H]2O[C@@H](CO)[C@@H](O)[C@H]2O)CC1. The Morgan fingerprint density at radius 2 is 1.96 bits per heavy atom. The van der Waals surface area contributed by atoms with E-state index in [4.69, 9.17) is 10.5 Å². The first kappa shape index (κ1) is 18.2. The monoisotopic (exact) mass is 380 g/mol. The summed E-state index contributed by atoms with van der Waals surface area (Å²) in [4.78, 5) is 25.4. The number of nitrogens with zero attached hydrogens (tertiary/aromatic N) is 4. The number of piperidine rings is 1. The number of H-pyrrole nitrogens is 1. The van der Waals surface area contributed by atoms with Crippen LogP contribution in [0.1, 0.15) is 26.0 Å². The fourth-order valence-electron chi connectivity index (χ4n) is 3.75. The van der Waals surface area contributed by atoms with Gasteiger partial charge in [-0.25, -0.2) is 4.98 Å². The molecule has 4 rings (SSSR count). The van der Waals surface area contributed by atoms with Gasteiger partial charge in [0.25, 0.3) is 5.56 Å². The summed E-state index contributed by atoms with van der Waals surface area (Å²) in [6, 6.07) is 0. The molecule has 2 saturated heterocycles. The molecule has 148 valence electrons. The van der Waals surface area contributed by atoms with Crippen molar-refractivity contribution >= 4 is 23.1 Å². The van der Waals surface area contributed by atoms with E-state index in [9.17, 15) is 20.1 Å². The minimum Gasteiger partial charge on any atom is -0.394 e. The van der Waals surface area contributed by atoms with Crippen molar-refractivity contribution in [1.29, 1.82) is 0 Å². The maximum Gasteiger partial charge on any atom is 0.280 e. The molecule has 4 heterocycles. The number of ether oxygens (including phenoxy) is 1. The number of aromatic amines is 1. The van der Waals surface area contributed by atoms with Gasteiger partial charge in [0.2, 0.25) is 11.9 Å². The molecule has 6 N–H and O–H groups in total. The number of nitrogens with one attached hydrogen (secondary N) is 1. The highest BCUT2D eigenvalue weighted by atomic mass is 16.6. The van der Waals surface area contributed by atoms with E-state index >= 15 is 0 Å². The van der Waals surface area contributed by atoms with Gasteiger partial charge < -0.3 is 30.7 Å². The Balaban J connectivity index is 1.86. The van der Waals surface area contributed by atoms with Gasteiger partial charge in [0, 0.05) is 13.1 Å². The number of hydrogen-bond donors (Lipinski definition) is 5. The average Bonchev–Trinajstić information content (AvgIpc) is 3.14. The molecule has 2 aromatic rings. The number of nitrogens with two attached hydrogens (primary N) is 1. The molecular weight excluding hydrogens is 356 g/mol. The highest BCUT2D eigenvalue weighted by Crippen LogP contribution is 2.36. The standard InChI is InChI=1S/C16H24N6O5/c1-7-2-4-21(5-3-7)16-18-9-12(19-15(17)20-13(9)26)22(16)14-11(25)10(24)8(6-23)27-14/h7-8,10-11,14,23-25H,2-6H2,1H3,(H3,17,19,20,26)/t8-,10+,11+,14-/m0/s1. The molecule has 0 saturated carbocycles. The second kappa shape index (κ2) is 6.75. The Morgan fingerprint density at radius 1 is 1.26 bits per heavy atom. The first-order valence-electron chi connectivity index (χ1n) is 9.05. The van der Waals surface area contributed by atoms with Crippen molar-refractivity contribution in [2.75, 3.05) is 30.3 Å². The summed E-state index contributed by atoms with van der Waals surface area (Å²) in [5.41, 5.74) is 5.45. The third-order valence-electron chi connectivity index (χ3n) is 5.39. The van der Waals surface area contributed by atoms with Gasteiger partial charge in [-0.1, -0.05) is 6.92 Å². The Morgan fingerprint density at radius 3 is 2.59 bits per heavy atom. The smallest absolute Gasteiger partial charge is 0.280 e. The van der Waals surface area contributed by atoms with Crippen LogP contribution in [-0.2, 0) is 4.74 Å². The van der Waals surface area contributed by atoms with E-state index in [1.807, 2.05) is 4.90 Å². The summed E-state index contributed by atoms with van der Waals surface area (Å²) < 4.78 is 7.17.